The number of hydrogen-bond acceptors (Lipinski definition) is 5. The van der Waals surface area contributed by atoms with Gasteiger partial charge in [0.25, 0.3) is 0 Å². The summed E-state index contributed by atoms with van der Waals surface area (Å²) in [5.74, 6) is -0.484. The summed E-state index contributed by atoms with van der Waals surface area (Å²) in [5, 5.41) is 1.92. The molecule has 0 aromatic carbocycles. The summed E-state index contributed by atoms with van der Waals surface area (Å²) >= 11 is 8.38. The molecule has 1 amide bonds. The smallest absolute Gasteiger partial charge is 0.410 e. The van der Waals surface area contributed by atoms with Crippen LogP contribution in [0.25, 0.3) is 0 Å². The van der Waals surface area contributed by atoms with Crippen LogP contribution in [0.1, 0.15) is 26.3 Å². The van der Waals surface area contributed by atoms with Crippen molar-refractivity contribution >= 4 is 55.3 Å². The molecule has 124 valence electrons. The van der Waals surface area contributed by atoms with Crippen molar-refractivity contribution in [3.8, 4) is 0 Å². The fourth-order valence-electron chi connectivity index (χ4n) is 1.67. The summed E-state index contributed by atoms with van der Waals surface area (Å²) in [6, 6.07) is -0.752. The van der Waals surface area contributed by atoms with Gasteiger partial charge in [0.2, 0.25) is 0 Å². The number of methoxy groups -OCH3 is 1. The second-order valence-electron chi connectivity index (χ2n) is 5.68. The van der Waals surface area contributed by atoms with E-state index in [-0.39, 0.29) is 0 Å². The van der Waals surface area contributed by atoms with E-state index in [0.717, 1.165) is 13.8 Å². The van der Waals surface area contributed by atoms with Crippen LogP contribution in [0.2, 0.25) is 0 Å². The third kappa shape index (κ3) is 5.24. The maximum Gasteiger partial charge on any atom is 0.410 e. The van der Waals surface area contributed by atoms with E-state index in [4.69, 9.17) is 9.47 Å². The van der Waals surface area contributed by atoms with Crippen molar-refractivity contribution in [3.63, 3.8) is 0 Å². The normalized spacial score (nSPS) is 12.7. The van der Waals surface area contributed by atoms with Crippen LogP contribution in [-0.4, -0.2) is 42.8 Å². The standard InChI is InChI=1S/C14H19Br2NO4S/c1-14(2,3)21-13(19)17(4)9(12(18)20-5)6-8-7-22-11(16)10(8)15/h7,9H,6H2,1-5H3. The van der Waals surface area contributed by atoms with Gasteiger partial charge in [-0.1, -0.05) is 0 Å². The number of carbonyl (C=O) groups is 2. The molecule has 1 aromatic rings. The predicted octanol–water partition coefficient (Wildman–Crippen LogP) is 4.22. The van der Waals surface area contributed by atoms with E-state index in [0.29, 0.717) is 6.42 Å². The van der Waals surface area contributed by atoms with Crippen molar-refractivity contribution < 1.29 is 19.1 Å². The molecule has 8 heteroatoms. The highest BCUT2D eigenvalue weighted by Crippen LogP contribution is 2.34. The molecule has 0 saturated heterocycles. The molecule has 0 radical (unpaired) electrons. The second kappa shape index (κ2) is 7.79. The van der Waals surface area contributed by atoms with Gasteiger partial charge < -0.3 is 9.47 Å². The minimum absolute atomic E-state index is 0.338. The molecule has 0 aliphatic heterocycles. The quantitative estimate of drug-likeness (QED) is 0.636. The highest BCUT2D eigenvalue weighted by atomic mass is 79.9. The third-order valence-corrected chi connectivity index (χ3v) is 6.27. The first kappa shape index (κ1) is 19.4. The molecule has 1 aromatic heterocycles. The van der Waals surface area contributed by atoms with Gasteiger partial charge in [0.05, 0.1) is 10.9 Å². The molecule has 0 spiro atoms. The average Bonchev–Trinajstić information content (AvgIpc) is 2.73. The van der Waals surface area contributed by atoms with Gasteiger partial charge in [-0.25, -0.2) is 9.59 Å². The van der Waals surface area contributed by atoms with Gasteiger partial charge in [0.1, 0.15) is 11.6 Å². The van der Waals surface area contributed by atoms with Gasteiger partial charge in [-0.05, 0) is 63.6 Å². The number of esters is 1. The van der Waals surface area contributed by atoms with Crippen LogP contribution >= 0.6 is 43.2 Å². The summed E-state index contributed by atoms with van der Waals surface area (Å²) in [4.78, 5) is 25.5. The van der Waals surface area contributed by atoms with Crippen molar-refractivity contribution in [3.05, 3.63) is 19.2 Å². The lowest BCUT2D eigenvalue weighted by molar-refractivity contribution is -0.146. The summed E-state index contributed by atoms with van der Waals surface area (Å²) in [5.41, 5.74) is 0.292. The highest BCUT2D eigenvalue weighted by Gasteiger charge is 2.32. The summed E-state index contributed by atoms with van der Waals surface area (Å²) in [7, 11) is 2.84. The molecule has 0 bridgehead atoms. The molecule has 0 aliphatic carbocycles. The number of ether oxygens (including phenoxy) is 2. The molecule has 1 unspecified atom stereocenters. The summed E-state index contributed by atoms with van der Waals surface area (Å²) in [6.45, 7) is 5.33. The highest BCUT2D eigenvalue weighted by molar-refractivity contribution is 9.13. The first-order valence-corrected chi connectivity index (χ1v) is 8.98. The van der Waals surface area contributed by atoms with Crippen LogP contribution in [0.15, 0.2) is 13.6 Å². The Bertz CT molecular complexity index is 554. The van der Waals surface area contributed by atoms with Gasteiger partial charge in [-0.3, -0.25) is 4.90 Å². The summed E-state index contributed by atoms with van der Waals surface area (Å²) < 4.78 is 11.9. The molecule has 1 rings (SSSR count). The second-order valence-corrected chi connectivity index (χ2v) is 8.67. The largest absolute Gasteiger partial charge is 0.467 e. The molecular weight excluding hydrogens is 438 g/mol. The zero-order chi connectivity index (χ0) is 17.1. The van der Waals surface area contributed by atoms with Gasteiger partial charge in [-0.2, -0.15) is 0 Å². The maximum absolute atomic E-state index is 12.2. The maximum atomic E-state index is 12.2. The Labute approximate surface area is 151 Å². The number of amides is 1. The fourth-order valence-corrected chi connectivity index (χ4v) is 3.61. The van der Waals surface area contributed by atoms with Crippen molar-refractivity contribution in [1.82, 2.24) is 4.90 Å². The van der Waals surface area contributed by atoms with Crippen molar-refractivity contribution in [2.75, 3.05) is 14.2 Å². The number of nitrogens with zero attached hydrogens (tertiary/aromatic N) is 1. The Morgan fingerprint density at radius 2 is 1.95 bits per heavy atom. The van der Waals surface area contributed by atoms with Crippen molar-refractivity contribution in [2.24, 2.45) is 0 Å². The van der Waals surface area contributed by atoms with E-state index in [2.05, 4.69) is 31.9 Å². The zero-order valence-corrected chi connectivity index (χ0v) is 17.1. The molecular formula is C14H19Br2NO4S. The number of hydrogen-bond donors (Lipinski definition) is 0. The molecule has 1 heterocycles. The SMILES string of the molecule is COC(=O)C(Cc1csc(Br)c1Br)N(C)C(=O)OC(C)(C)C. The van der Waals surface area contributed by atoms with Crippen molar-refractivity contribution in [1.29, 1.82) is 0 Å². The van der Waals surface area contributed by atoms with Gasteiger partial charge in [0, 0.05) is 17.9 Å². The van der Waals surface area contributed by atoms with Crippen LogP contribution in [0.3, 0.4) is 0 Å². The topological polar surface area (TPSA) is 55.8 Å². The monoisotopic (exact) mass is 455 g/mol. The molecule has 1 atom stereocenters. The van der Waals surface area contributed by atoms with Crippen LogP contribution < -0.4 is 0 Å². The lowest BCUT2D eigenvalue weighted by Gasteiger charge is -2.29. The Hall–Kier alpha value is -0.600. The molecule has 5 nitrogen and oxygen atoms in total. The van der Waals surface area contributed by atoms with E-state index in [1.54, 1.807) is 20.8 Å². The number of halogens is 2. The molecule has 22 heavy (non-hydrogen) atoms. The number of rotatable bonds is 4. The predicted molar refractivity (Wildman–Crippen MR) is 93.2 cm³/mol. The zero-order valence-electron chi connectivity index (χ0n) is 13.1. The Morgan fingerprint density at radius 1 is 1.36 bits per heavy atom. The van der Waals surface area contributed by atoms with E-state index in [1.165, 1.54) is 30.4 Å². The van der Waals surface area contributed by atoms with Crippen molar-refractivity contribution in [2.45, 2.75) is 38.8 Å². The first-order valence-electron chi connectivity index (χ1n) is 6.51. The van der Waals surface area contributed by atoms with Gasteiger partial charge in [-0.15, -0.1) is 11.3 Å². The Kier molecular flexibility index (Phi) is 6.88. The lowest BCUT2D eigenvalue weighted by atomic mass is 10.1. The van der Waals surface area contributed by atoms with Gasteiger partial charge >= 0.3 is 12.1 Å². The van der Waals surface area contributed by atoms with E-state index in [1.807, 2.05) is 5.38 Å². The minimum atomic E-state index is -0.752. The van der Waals surface area contributed by atoms with E-state index >= 15 is 0 Å². The number of carbonyl (C=O) groups excluding carboxylic acids is 2. The number of thiophene rings is 1. The molecule has 0 aliphatic rings. The number of likely N-dealkylation sites (N-methyl/N-ethyl adjacent to an activating group) is 1. The molecule has 0 fully saturated rings. The van der Waals surface area contributed by atoms with Crippen LogP contribution in [0.4, 0.5) is 4.79 Å². The minimum Gasteiger partial charge on any atom is -0.467 e. The van der Waals surface area contributed by atoms with Crippen LogP contribution in [0.5, 0.6) is 0 Å². The van der Waals surface area contributed by atoms with Gasteiger partial charge in [0.15, 0.2) is 0 Å². The van der Waals surface area contributed by atoms with Crippen LogP contribution in [0, 0.1) is 0 Å². The molecule has 0 N–H and O–H groups in total. The molecule has 0 saturated carbocycles. The summed E-state index contributed by atoms with van der Waals surface area (Å²) in [6.07, 6.45) is -0.223. The Balaban J connectivity index is 2.95. The first-order chi connectivity index (χ1) is 10.1. The lowest BCUT2D eigenvalue weighted by Crippen LogP contribution is -2.46. The van der Waals surface area contributed by atoms with Crippen LogP contribution in [-0.2, 0) is 20.7 Å². The van der Waals surface area contributed by atoms with E-state index in [9.17, 15) is 9.59 Å². The Morgan fingerprint density at radius 3 is 2.36 bits per heavy atom. The van der Waals surface area contributed by atoms with E-state index < -0.39 is 23.7 Å². The fraction of sp³-hybridized carbons (Fsp3) is 0.571. The average molecular weight is 457 g/mol. The third-order valence-electron chi connectivity index (χ3n) is 2.79.